The first-order chi connectivity index (χ1) is 29.3. The van der Waals surface area contributed by atoms with Gasteiger partial charge in [0.05, 0.1) is 13.2 Å². The number of carbonyl (C=O) groups is 2. The van der Waals surface area contributed by atoms with Crippen molar-refractivity contribution in [1.82, 2.24) is 0 Å². The minimum Gasteiger partial charge on any atom is -0.462 e. The summed E-state index contributed by atoms with van der Waals surface area (Å²) in [5.41, 5.74) is 0. The third-order valence-electron chi connectivity index (χ3n) is 11.6. The Kier molecular flexibility index (Phi) is 38.6. The Bertz CT molecular complexity index is 1030. The van der Waals surface area contributed by atoms with Gasteiger partial charge in [0.1, 0.15) is 31.0 Å². The molecule has 10 heteroatoms. The Balaban J connectivity index is 2.27. The lowest BCUT2D eigenvalue weighted by atomic mass is 9.99. The second kappa shape index (κ2) is 41.2. The summed E-state index contributed by atoms with van der Waals surface area (Å²) in [5, 5.41) is 40.1. The van der Waals surface area contributed by atoms with Crippen LogP contribution in [0.3, 0.4) is 0 Å². The molecule has 1 aliphatic rings. The molecule has 0 aromatic carbocycles. The number of unbranched alkanes of at least 4 members (excludes halogenated alkanes) is 27. The third kappa shape index (κ3) is 31.9. The quantitative estimate of drug-likeness (QED) is 0.0265. The van der Waals surface area contributed by atoms with Crippen LogP contribution in [-0.2, 0) is 28.5 Å². The molecule has 0 saturated carbocycles. The van der Waals surface area contributed by atoms with Crippen molar-refractivity contribution in [3.63, 3.8) is 0 Å². The molecule has 4 N–H and O–H groups in total. The summed E-state index contributed by atoms with van der Waals surface area (Å²) in [7, 11) is 0. The second-order valence-electron chi connectivity index (χ2n) is 17.3. The zero-order valence-electron chi connectivity index (χ0n) is 38.5. The predicted molar refractivity (Wildman–Crippen MR) is 243 cm³/mol. The fraction of sp³-hybridized carbons (Fsp3) is 0.880. The zero-order chi connectivity index (χ0) is 43.7. The molecule has 352 valence electrons. The van der Waals surface area contributed by atoms with Crippen molar-refractivity contribution in [3.8, 4) is 0 Å². The highest BCUT2D eigenvalue weighted by atomic mass is 16.7. The molecule has 10 nitrogen and oxygen atoms in total. The number of esters is 2. The van der Waals surface area contributed by atoms with Gasteiger partial charge in [-0.1, -0.05) is 192 Å². The number of aliphatic hydroxyl groups is 4. The van der Waals surface area contributed by atoms with E-state index in [0.717, 1.165) is 44.9 Å². The monoisotopic (exact) mass is 853 g/mol. The summed E-state index contributed by atoms with van der Waals surface area (Å²) in [5.74, 6) is -0.847. The average Bonchev–Trinajstić information content (AvgIpc) is 3.25. The lowest BCUT2D eigenvalue weighted by molar-refractivity contribution is -0.305. The third-order valence-corrected chi connectivity index (χ3v) is 11.6. The van der Waals surface area contributed by atoms with Gasteiger partial charge in [-0.3, -0.25) is 9.59 Å². The largest absolute Gasteiger partial charge is 0.462 e. The molecule has 1 heterocycles. The maximum Gasteiger partial charge on any atom is 0.306 e. The number of rotatable bonds is 42. The molecule has 1 rings (SSSR count). The van der Waals surface area contributed by atoms with E-state index in [9.17, 15) is 30.0 Å². The number of ether oxygens (including phenoxy) is 4. The van der Waals surface area contributed by atoms with E-state index in [-0.39, 0.29) is 32.0 Å². The van der Waals surface area contributed by atoms with Crippen molar-refractivity contribution in [3.05, 3.63) is 24.3 Å². The Morgan fingerprint density at radius 3 is 1.40 bits per heavy atom. The number of allylic oxidation sites excluding steroid dienone is 4. The topological polar surface area (TPSA) is 152 Å². The van der Waals surface area contributed by atoms with Crippen molar-refractivity contribution in [1.29, 1.82) is 0 Å². The lowest BCUT2D eigenvalue weighted by Gasteiger charge is -2.39. The lowest BCUT2D eigenvalue weighted by Crippen LogP contribution is -2.59. The van der Waals surface area contributed by atoms with Gasteiger partial charge >= 0.3 is 11.9 Å². The van der Waals surface area contributed by atoms with Gasteiger partial charge in [0, 0.05) is 12.8 Å². The van der Waals surface area contributed by atoms with Crippen LogP contribution in [0.4, 0.5) is 0 Å². The molecule has 0 spiro atoms. The fourth-order valence-corrected chi connectivity index (χ4v) is 7.62. The molecule has 0 radical (unpaired) electrons. The van der Waals surface area contributed by atoms with Crippen molar-refractivity contribution < 1.29 is 49.0 Å². The molecule has 0 aromatic heterocycles. The molecule has 0 aromatic rings. The molecule has 6 atom stereocenters. The summed E-state index contributed by atoms with van der Waals surface area (Å²) < 4.78 is 22.1. The summed E-state index contributed by atoms with van der Waals surface area (Å²) >= 11 is 0. The molecular formula is C50H92O10. The van der Waals surface area contributed by atoms with Crippen LogP contribution in [0.15, 0.2) is 24.3 Å². The van der Waals surface area contributed by atoms with Crippen LogP contribution in [0, 0.1) is 0 Å². The van der Waals surface area contributed by atoms with Crippen LogP contribution in [-0.4, -0.2) is 89.0 Å². The van der Waals surface area contributed by atoms with Crippen molar-refractivity contribution in [2.45, 2.75) is 263 Å². The van der Waals surface area contributed by atoms with Crippen LogP contribution in [0.25, 0.3) is 0 Å². The van der Waals surface area contributed by atoms with Gasteiger partial charge in [0.25, 0.3) is 0 Å². The summed E-state index contributed by atoms with van der Waals surface area (Å²) in [6.07, 6.45) is 39.2. The number of hydrogen-bond donors (Lipinski definition) is 4. The van der Waals surface area contributed by atoms with E-state index in [1.54, 1.807) is 0 Å². The van der Waals surface area contributed by atoms with Crippen LogP contribution in [0.2, 0.25) is 0 Å². The van der Waals surface area contributed by atoms with E-state index in [4.69, 9.17) is 18.9 Å². The zero-order valence-corrected chi connectivity index (χ0v) is 38.5. The van der Waals surface area contributed by atoms with Crippen LogP contribution < -0.4 is 0 Å². The van der Waals surface area contributed by atoms with E-state index in [0.29, 0.717) is 6.42 Å². The fourth-order valence-electron chi connectivity index (χ4n) is 7.62. The molecule has 1 aliphatic heterocycles. The Morgan fingerprint density at radius 1 is 0.500 bits per heavy atom. The van der Waals surface area contributed by atoms with E-state index in [1.165, 1.54) is 148 Å². The molecule has 1 fully saturated rings. The number of carbonyl (C=O) groups excluding carboxylic acids is 2. The van der Waals surface area contributed by atoms with Crippen LogP contribution >= 0.6 is 0 Å². The van der Waals surface area contributed by atoms with Gasteiger partial charge in [-0.15, -0.1) is 0 Å². The summed E-state index contributed by atoms with van der Waals surface area (Å²) in [6.45, 7) is 3.41. The summed E-state index contributed by atoms with van der Waals surface area (Å²) in [4.78, 5) is 25.3. The van der Waals surface area contributed by atoms with Gasteiger partial charge < -0.3 is 39.4 Å². The van der Waals surface area contributed by atoms with E-state index >= 15 is 0 Å². The summed E-state index contributed by atoms with van der Waals surface area (Å²) in [6, 6.07) is 0. The van der Waals surface area contributed by atoms with Crippen LogP contribution in [0.5, 0.6) is 0 Å². The van der Waals surface area contributed by atoms with Crippen molar-refractivity contribution >= 4 is 11.9 Å². The first kappa shape index (κ1) is 56.2. The normalized spacial score (nSPS) is 20.0. The maximum absolute atomic E-state index is 12.8. The molecule has 0 amide bonds. The molecule has 2 unspecified atom stereocenters. The Labute approximate surface area is 366 Å². The number of aliphatic hydroxyl groups excluding tert-OH is 4. The van der Waals surface area contributed by atoms with E-state index in [2.05, 4.69) is 38.2 Å². The number of hydrogen-bond acceptors (Lipinski definition) is 10. The van der Waals surface area contributed by atoms with E-state index in [1.807, 2.05) is 0 Å². The Morgan fingerprint density at radius 2 is 0.917 bits per heavy atom. The Hall–Kier alpha value is -1.82. The molecule has 0 aliphatic carbocycles. The minimum absolute atomic E-state index is 0.173. The van der Waals surface area contributed by atoms with E-state index < -0.39 is 49.4 Å². The van der Waals surface area contributed by atoms with Crippen molar-refractivity contribution in [2.24, 2.45) is 0 Å². The minimum atomic E-state index is -1.60. The standard InChI is InChI=1S/C50H92O10/c1-3-5-7-9-11-13-15-17-18-19-20-21-22-23-24-25-26-27-29-31-33-35-37-39-46(53)59-43(42-58-50-49(56)48(55)47(54)44(40-51)60-50)41-57-45(52)38-36-34-32-30-28-16-14-12-10-8-6-4-2/h25-26,31,33,43-44,47-51,54-56H,3-24,27-30,32,34-42H2,1-2H3/b26-25+,33-31+/t43-,44-,47+,48?,49?,50-/m1/s1. The SMILES string of the molecule is CCCCCCCCCCCCCCCC/C=C/CC/C=C/CCCC(=O)O[C@H](COC(=O)CCCCCCCCCCCCCC)CO[C@@H]1O[C@H](CO)[C@H](O)C(O)C1O. The second-order valence-corrected chi connectivity index (χ2v) is 17.3. The highest BCUT2D eigenvalue weighted by Gasteiger charge is 2.44. The van der Waals surface area contributed by atoms with Gasteiger partial charge in [0.2, 0.25) is 0 Å². The highest BCUT2D eigenvalue weighted by molar-refractivity contribution is 5.70. The first-order valence-electron chi connectivity index (χ1n) is 24.9. The van der Waals surface area contributed by atoms with Gasteiger partial charge in [-0.2, -0.15) is 0 Å². The van der Waals surface area contributed by atoms with Gasteiger partial charge in [0.15, 0.2) is 12.4 Å². The molecule has 0 bridgehead atoms. The predicted octanol–water partition coefficient (Wildman–Crippen LogP) is 11.3. The van der Waals surface area contributed by atoms with Gasteiger partial charge in [-0.05, 0) is 44.9 Å². The average molecular weight is 853 g/mol. The highest BCUT2D eigenvalue weighted by Crippen LogP contribution is 2.23. The smallest absolute Gasteiger partial charge is 0.306 e. The maximum atomic E-state index is 12.8. The van der Waals surface area contributed by atoms with Gasteiger partial charge in [-0.25, -0.2) is 0 Å². The molecule has 60 heavy (non-hydrogen) atoms. The molecule has 1 saturated heterocycles. The van der Waals surface area contributed by atoms with Crippen molar-refractivity contribution in [2.75, 3.05) is 19.8 Å². The first-order valence-corrected chi connectivity index (χ1v) is 24.9. The van der Waals surface area contributed by atoms with Crippen LogP contribution in [0.1, 0.15) is 226 Å². The molecular weight excluding hydrogens is 761 g/mol.